The quantitative estimate of drug-likeness (QED) is 0.760. The molecular formula is C12H15BNO2. The third kappa shape index (κ3) is 1.95. The van der Waals surface area contributed by atoms with Gasteiger partial charge in [0.2, 0.25) is 0 Å². The molecule has 4 heteroatoms. The van der Waals surface area contributed by atoms with Crippen LogP contribution in [0.2, 0.25) is 0 Å². The van der Waals surface area contributed by atoms with Crippen LogP contribution in [0.15, 0.2) is 18.2 Å². The maximum atomic E-state index is 7.00. The first kappa shape index (κ1) is 10.2. The summed E-state index contributed by atoms with van der Waals surface area (Å²) in [6.07, 6.45) is 5.71. The highest BCUT2D eigenvalue weighted by atomic mass is 16.4. The number of rotatable bonds is 3. The van der Waals surface area contributed by atoms with Crippen LogP contribution in [0.1, 0.15) is 25.7 Å². The molecule has 0 spiro atoms. The second kappa shape index (κ2) is 3.79. The third-order valence-corrected chi connectivity index (χ3v) is 3.35. The van der Waals surface area contributed by atoms with Gasteiger partial charge < -0.3 is 14.9 Å². The minimum atomic E-state index is 0. The van der Waals surface area contributed by atoms with Gasteiger partial charge in [-0.05, 0) is 55.0 Å². The molecule has 0 aromatic carbocycles. The zero-order valence-electron chi connectivity index (χ0n) is 9.13. The first-order valence-electron chi connectivity index (χ1n) is 5.87. The van der Waals surface area contributed by atoms with Gasteiger partial charge in [-0.2, -0.15) is 0 Å². The molecule has 16 heavy (non-hydrogen) atoms. The number of anilines is 1. The number of fused-ring (bicyclic) bond motifs is 1. The first-order chi connectivity index (χ1) is 7.83. The molecule has 0 aromatic heterocycles. The molecule has 0 atom stereocenters. The predicted octanol–water partition coefficient (Wildman–Crippen LogP) is 1.30. The number of hydrogen-bond acceptors (Lipinski definition) is 3. The third-order valence-electron chi connectivity index (χ3n) is 3.35. The lowest BCUT2D eigenvalue weighted by Gasteiger charge is -2.23. The van der Waals surface area contributed by atoms with Gasteiger partial charge in [0.25, 0.3) is 0 Å². The lowest BCUT2D eigenvalue weighted by molar-refractivity contribution is 0.448. The van der Waals surface area contributed by atoms with Crippen LogP contribution in [0.25, 0.3) is 11.1 Å². The summed E-state index contributed by atoms with van der Waals surface area (Å²) < 4.78 is 0. The van der Waals surface area contributed by atoms with Gasteiger partial charge in [0.15, 0.2) is 0 Å². The van der Waals surface area contributed by atoms with Gasteiger partial charge in [0, 0.05) is 17.8 Å². The summed E-state index contributed by atoms with van der Waals surface area (Å²) in [5, 5.41) is 14.0. The van der Waals surface area contributed by atoms with Gasteiger partial charge in [-0.3, -0.25) is 0 Å². The summed E-state index contributed by atoms with van der Waals surface area (Å²) in [4.78, 5) is 2.68. The van der Waals surface area contributed by atoms with Crippen molar-refractivity contribution in [2.75, 3.05) is 4.90 Å². The SMILES string of the molecule is O[B]O.c1c2cc(N(C3CC3)C3CC3)cc1-2. The van der Waals surface area contributed by atoms with Crippen molar-refractivity contribution in [1.82, 2.24) is 0 Å². The van der Waals surface area contributed by atoms with Crippen LogP contribution in [0.5, 0.6) is 0 Å². The van der Waals surface area contributed by atoms with E-state index in [1.54, 1.807) is 0 Å². The maximum absolute atomic E-state index is 7.00. The van der Waals surface area contributed by atoms with Gasteiger partial charge in [0.1, 0.15) is 0 Å². The van der Waals surface area contributed by atoms with Crippen molar-refractivity contribution in [2.24, 2.45) is 0 Å². The Morgan fingerprint density at radius 1 is 0.938 bits per heavy atom. The molecule has 1 radical (unpaired) electrons. The molecular weight excluding hydrogens is 201 g/mol. The molecule has 4 aliphatic rings. The minimum absolute atomic E-state index is 0. The van der Waals surface area contributed by atoms with Crippen molar-refractivity contribution in [3.63, 3.8) is 0 Å². The Morgan fingerprint density at radius 2 is 1.38 bits per heavy atom. The molecule has 4 aliphatic carbocycles. The first-order valence-corrected chi connectivity index (χ1v) is 5.87. The van der Waals surface area contributed by atoms with E-state index in [4.69, 9.17) is 10.0 Å². The summed E-state index contributed by atoms with van der Waals surface area (Å²) in [6, 6.07) is 8.79. The van der Waals surface area contributed by atoms with Crippen molar-refractivity contribution < 1.29 is 10.0 Å². The van der Waals surface area contributed by atoms with Gasteiger partial charge in [-0.1, -0.05) is 0 Å². The van der Waals surface area contributed by atoms with Crippen LogP contribution in [-0.4, -0.2) is 29.8 Å². The fourth-order valence-corrected chi connectivity index (χ4v) is 2.32. The topological polar surface area (TPSA) is 43.7 Å². The molecule has 0 amide bonds. The molecule has 4 rings (SSSR count). The van der Waals surface area contributed by atoms with Crippen molar-refractivity contribution in [3.05, 3.63) is 18.2 Å². The molecule has 0 bridgehead atoms. The Hall–Kier alpha value is -0.995. The summed E-state index contributed by atoms with van der Waals surface area (Å²) in [5.41, 5.74) is 4.49. The van der Waals surface area contributed by atoms with Crippen molar-refractivity contribution in [2.45, 2.75) is 37.8 Å². The second-order valence-corrected chi connectivity index (χ2v) is 4.75. The van der Waals surface area contributed by atoms with E-state index < -0.39 is 0 Å². The molecule has 0 saturated heterocycles. The normalized spacial score (nSPS) is 19.6. The van der Waals surface area contributed by atoms with Crippen molar-refractivity contribution in [3.8, 4) is 11.1 Å². The van der Waals surface area contributed by atoms with Gasteiger partial charge in [-0.25, -0.2) is 0 Å². The van der Waals surface area contributed by atoms with E-state index in [9.17, 15) is 0 Å². The Morgan fingerprint density at radius 3 is 1.75 bits per heavy atom. The highest BCUT2D eigenvalue weighted by molar-refractivity contribution is 6.13. The summed E-state index contributed by atoms with van der Waals surface area (Å²) in [6.45, 7) is 0. The molecule has 0 aliphatic heterocycles. The van der Waals surface area contributed by atoms with E-state index in [2.05, 4.69) is 23.1 Å². The molecule has 0 heterocycles. The summed E-state index contributed by atoms with van der Waals surface area (Å²) in [7, 11) is 0. The highest BCUT2D eigenvalue weighted by Gasteiger charge is 2.40. The van der Waals surface area contributed by atoms with Crippen LogP contribution >= 0.6 is 0 Å². The standard InChI is InChI=1S/C12H13N.BH2O2/c1-2-10(1)13(11-3-4-11)12-6-8-5-9(8)7-12;2-1-3/h5-7,10-11H,1-4H2;2-3H. The van der Waals surface area contributed by atoms with Gasteiger partial charge in [-0.15, -0.1) is 0 Å². The zero-order valence-corrected chi connectivity index (χ0v) is 9.13. The fraction of sp³-hybridized carbons (Fsp3) is 0.500. The number of benzene rings is 1. The Bertz CT molecular complexity index is 370. The minimum Gasteiger partial charge on any atom is -0.429 e. The van der Waals surface area contributed by atoms with Crippen LogP contribution in [0, 0.1) is 0 Å². The van der Waals surface area contributed by atoms with E-state index in [1.165, 1.54) is 42.5 Å². The molecule has 0 unspecified atom stereocenters. The molecule has 3 nitrogen and oxygen atoms in total. The molecule has 2 saturated carbocycles. The van der Waals surface area contributed by atoms with Crippen LogP contribution in [0.4, 0.5) is 5.69 Å². The van der Waals surface area contributed by atoms with Crippen molar-refractivity contribution in [1.29, 1.82) is 0 Å². The van der Waals surface area contributed by atoms with Crippen LogP contribution in [-0.2, 0) is 0 Å². The zero-order chi connectivity index (χ0) is 11.1. The Kier molecular flexibility index (Phi) is 2.41. The van der Waals surface area contributed by atoms with Crippen LogP contribution < -0.4 is 4.90 Å². The summed E-state index contributed by atoms with van der Waals surface area (Å²) >= 11 is 0. The van der Waals surface area contributed by atoms with Crippen molar-refractivity contribution >= 4 is 13.4 Å². The molecule has 2 fully saturated rings. The average molecular weight is 216 g/mol. The maximum Gasteiger partial charge on any atom is 0.482 e. The van der Waals surface area contributed by atoms with E-state index in [-0.39, 0.29) is 7.69 Å². The molecule has 83 valence electrons. The van der Waals surface area contributed by atoms with E-state index in [0.717, 1.165) is 12.1 Å². The Balaban J connectivity index is 0.000000247. The number of nitrogens with zero attached hydrogens (tertiary/aromatic N) is 1. The average Bonchev–Trinajstić information content (AvgIpc) is 3.08. The lowest BCUT2D eigenvalue weighted by atomic mass is 10.3. The smallest absolute Gasteiger partial charge is 0.429 e. The van der Waals surface area contributed by atoms with Gasteiger partial charge >= 0.3 is 7.69 Å². The van der Waals surface area contributed by atoms with E-state index >= 15 is 0 Å². The summed E-state index contributed by atoms with van der Waals surface area (Å²) in [5.74, 6) is 0. The Labute approximate surface area is 96.0 Å². The van der Waals surface area contributed by atoms with Crippen LogP contribution in [0.3, 0.4) is 0 Å². The van der Waals surface area contributed by atoms with E-state index in [1.807, 2.05) is 0 Å². The number of hydrogen-bond donors (Lipinski definition) is 2. The fourth-order valence-electron chi connectivity index (χ4n) is 2.32. The lowest BCUT2D eigenvalue weighted by Crippen LogP contribution is -2.27. The highest BCUT2D eigenvalue weighted by Crippen LogP contribution is 2.46. The molecule has 0 aromatic rings. The molecule has 2 N–H and O–H groups in total. The largest absolute Gasteiger partial charge is 0.482 e. The van der Waals surface area contributed by atoms with E-state index in [0.29, 0.717) is 0 Å². The second-order valence-electron chi connectivity index (χ2n) is 4.75. The van der Waals surface area contributed by atoms with Gasteiger partial charge in [0.05, 0.1) is 0 Å². The monoisotopic (exact) mass is 216 g/mol. The predicted molar refractivity (Wildman–Crippen MR) is 64.2 cm³/mol.